The molecule has 0 spiro atoms. The zero-order chi connectivity index (χ0) is 18.4. The fraction of sp³-hybridized carbons (Fsp3) is 0.167. The SMILES string of the molecule is CS(=O)c1c(C(N)=O)nn(-c2c(Cl)cc(C(F)(F)F)cc2Cl)c1N. The van der Waals surface area contributed by atoms with Crippen LogP contribution in [0.2, 0.25) is 10.0 Å². The van der Waals surface area contributed by atoms with Gasteiger partial charge in [0.25, 0.3) is 5.91 Å². The number of carbonyl (C=O) groups is 1. The molecule has 130 valence electrons. The van der Waals surface area contributed by atoms with Crippen LogP contribution < -0.4 is 11.5 Å². The molecule has 0 bridgehead atoms. The quantitative estimate of drug-likeness (QED) is 0.825. The fourth-order valence-electron chi connectivity index (χ4n) is 1.96. The molecular weight excluding hydrogens is 392 g/mol. The number of alkyl halides is 3. The summed E-state index contributed by atoms with van der Waals surface area (Å²) in [6, 6.07) is 1.27. The number of carbonyl (C=O) groups excluding carboxylic acids is 1. The largest absolute Gasteiger partial charge is 0.416 e. The Morgan fingerprint density at radius 1 is 1.29 bits per heavy atom. The van der Waals surface area contributed by atoms with Crippen molar-refractivity contribution in [1.82, 2.24) is 9.78 Å². The molecule has 0 radical (unpaired) electrons. The molecule has 0 saturated heterocycles. The minimum Gasteiger partial charge on any atom is -0.383 e. The average molecular weight is 401 g/mol. The molecule has 0 fully saturated rings. The highest BCUT2D eigenvalue weighted by atomic mass is 35.5. The smallest absolute Gasteiger partial charge is 0.383 e. The molecule has 12 heteroatoms. The monoisotopic (exact) mass is 400 g/mol. The highest BCUT2D eigenvalue weighted by molar-refractivity contribution is 7.84. The van der Waals surface area contributed by atoms with E-state index in [1.54, 1.807) is 0 Å². The third kappa shape index (κ3) is 3.21. The van der Waals surface area contributed by atoms with E-state index in [9.17, 15) is 22.2 Å². The Hall–Kier alpha value is -1.78. The molecule has 1 atom stereocenters. The van der Waals surface area contributed by atoms with Crippen LogP contribution in [-0.2, 0) is 17.0 Å². The first-order valence-electron chi connectivity index (χ1n) is 6.03. The molecule has 0 aliphatic carbocycles. The maximum atomic E-state index is 12.8. The zero-order valence-electron chi connectivity index (χ0n) is 11.8. The molecule has 4 N–H and O–H groups in total. The summed E-state index contributed by atoms with van der Waals surface area (Å²) in [5.74, 6) is -1.28. The van der Waals surface area contributed by atoms with Crippen LogP contribution in [0.5, 0.6) is 0 Å². The fourth-order valence-corrected chi connectivity index (χ4v) is 3.41. The minimum absolute atomic E-state index is 0.158. The minimum atomic E-state index is -4.66. The van der Waals surface area contributed by atoms with Gasteiger partial charge in [-0.25, -0.2) is 4.68 Å². The van der Waals surface area contributed by atoms with Crippen LogP contribution in [0.3, 0.4) is 0 Å². The van der Waals surface area contributed by atoms with Crippen molar-refractivity contribution in [2.24, 2.45) is 5.73 Å². The number of amides is 1. The van der Waals surface area contributed by atoms with Crippen LogP contribution in [0.1, 0.15) is 16.1 Å². The van der Waals surface area contributed by atoms with Crippen LogP contribution in [-0.4, -0.2) is 26.2 Å². The van der Waals surface area contributed by atoms with Crippen molar-refractivity contribution in [3.63, 3.8) is 0 Å². The van der Waals surface area contributed by atoms with Gasteiger partial charge in [-0.05, 0) is 12.1 Å². The molecule has 1 amide bonds. The molecule has 2 aromatic rings. The van der Waals surface area contributed by atoms with E-state index in [1.165, 1.54) is 6.26 Å². The summed E-state index contributed by atoms with van der Waals surface area (Å²) in [5, 5.41) is 2.97. The van der Waals surface area contributed by atoms with Crippen LogP contribution in [0.25, 0.3) is 5.69 Å². The Kier molecular flexibility index (Phi) is 4.84. The summed E-state index contributed by atoms with van der Waals surface area (Å²) in [4.78, 5) is 11.3. The number of nitrogens with two attached hydrogens (primary N) is 2. The number of anilines is 1. The Morgan fingerprint density at radius 3 is 2.12 bits per heavy atom. The van der Waals surface area contributed by atoms with Crippen molar-refractivity contribution < 1.29 is 22.2 Å². The summed E-state index contributed by atoms with van der Waals surface area (Å²) < 4.78 is 50.9. The average Bonchev–Trinajstić information content (AvgIpc) is 2.75. The van der Waals surface area contributed by atoms with Gasteiger partial charge in [0.05, 0.1) is 26.4 Å². The summed E-state index contributed by atoms with van der Waals surface area (Å²) in [7, 11) is -1.73. The zero-order valence-corrected chi connectivity index (χ0v) is 14.1. The number of rotatable bonds is 3. The number of benzene rings is 1. The van der Waals surface area contributed by atoms with Crippen LogP contribution in [0.15, 0.2) is 17.0 Å². The molecule has 6 nitrogen and oxygen atoms in total. The van der Waals surface area contributed by atoms with Gasteiger partial charge in [-0.3, -0.25) is 9.00 Å². The summed E-state index contributed by atoms with van der Waals surface area (Å²) in [6.45, 7) is 0. The van der Waals surface area contributed by atoms with Gasteiger partial charge in [-0.2, -0.15) is 18.3 Å². The second-order valence-corrected chi connectivity index (χ2v) is 6.71. The number of nitrogens with zero attached hydrogens (tertiary/aromatic N) is 2. The summed E-state index contributed by atoms with van der Waals surface area (Å²) in [5.41, 5.74) is 9.30. The lowest BCUT2D eigenvalue weighted by Crippen LogP contribution is -2.14. The number of aromatic nitrogens is 2. The first-order valence-corrected chi connectivity index (χ1v) is 8.34. The molecule has 0 aliphatic rings. The van der Waals surface area contributed by atoms with Crippen molar-refractivity contribution in [2.45, 2.75) is 11.1 Å². The normalized spacial score (nSPS) is 13.1. The second-order valence-electron chi connectivity index (χ2n) is 4.58. The Bertz CT molecular complexity index is 844. The molecule has 0 aliphatic heterocycles. The van der Waals surface area contributed by atoms with E-state index in [1.807, 2.05) is 0 Å². The van der Waals surface area contributed by atoms with E-state index in [0.29, 0.717) is 12.1 Å². The van der Waals surface area contributed by atoms with E-state index < -0.39 is 38.5 Å². The topological polar surface area (TPSA) is 104 Å². The second kappa shape index (κ2) is 6.26. The molecule has 0 saturated carbocycles. The highest BCUT2D eigenvalue weighted by Gasteiger charge is 2.33. The lowest BCUT2D eigenvalue weighted by molar-refractivity contribution is -0.137. The molecule has 1 aromatic heterocycles. The van der Waals surface area contributed by atoms with Gasteiger partial charge >= 0.3 is 6.18 Å². The van der Waals surface area contributed by atoms with E-state index in [0.717, 1.165) is 4.68 Å². The van der Waals surface area contributed by atoms with E-state index in [4.69, 9.17) is 34.7 Å². The predicted octanol–water partition coefficient (Wildman–Crippen LogP) is 2.62. The van der Waals surface area contributed by atoms with Gasteiger partial charge in [0.1, 0.15) is 16.4 Å². The third-order valence-corrected chi connectivity index (χ3v) is 4.51. The number of primary amides is 1. The first-order chi connectivity index (χ1) is 10.9. The van der Waals surface area contributed by atoms with Crippen LogP contribution in [0.4, 0.5) is 19.0 Å². The highest BCUT2D eigenvalue weighted by Crippen LogP contribution is 2.38. The molecular formula is C12H9Cl2F3N4O2S. The Morgan fingerprint density at radius 2 is 1.79 bits per heavy atom. The Balaban J connectivity index is 2.77. The molecule has 1 heterocycles. The predicted molar refractivity (Wildman–Crippen MR) is 83.8 cm³/mol. The van der Waals surface area contributed by atoms with E-state index in [-0.39, 0.29) is 22.1 Å². The number of hydrogen-bond donors (Lipinski definition) is 2. The van der Waals surface area contributed by atoms with Crippen molar-refractivity contribution in [3.8, 4) is 5.69 Å². The molecule has 2 rings (SSSR count). The van der Waals surface area contributed by atoms with Crippen molar-refractivity contribution >= 4 is 45.7 Å². The first kappa shape index (κ1) is 18.6. The Labute approximate surface area is 146 Å². The van der Waals surface area contributed by atoms with Crippen molar-refractivity contribution in [2.75, 3.05) is 12.0 Å². The lowest BCUT2D eigenvalue weighted by Gasteiger charge is -2.13. The van der Waals surface area contributed by atoms with Gasteiger partial charge in [0, 0.05) is 6.26 Å². The maximum absolute atomic E-state index is 12.8. The van der Waals surface area contributed by atoms with Crippen LogP contribution >= 0.6 is 23.2 Å². The maximum Gasteiger partial charge on any atom is 0.416 e. The standard InChI is InChI=1S/C12H9Cl2F3N4O2S/c1-24(23)9-7(11(19)22)20-21(10(9)18)8-5(13)2-4(3-6(8)14)12(15,16)17/h2-3H,18H2,1H3,(H2,19,22). The number of hydrogen-bond acceptors (Lipinski definition) is 4. The summed E-state index contributed by atoms with van der Waals surface area (Å²) in [6.07, 6.45) is -3.42. The van der Waals surface area contributed by atoms with Crippen LogP contribution in [0, 0.1) is 0 Å². The van der Waals surface area contributed by atoms with Gasteiger partial charge in [-0.1, -0.05) is 23.2 Å². The van der Waals surface area contributed by atoms with Gasteiger partial charge in [0.2, 0.25) is 0 Å². The number of halogens is 5. The number of nitrogen functional groups attached to an aromatic ring is 1. The van der Waals surface area contributed by atoms with E-state index >= 15 is 0 Å². The van der Waals surface area contributed by atoms with Gasteiger partial charge in [-0.15, -0.1) is 0 Å². The molecule has 1 unspecified atom stereocenters. The molecule has 1 aromatic carbocycles. The molecule has 24 heavy (non-hydrogen) atoms. The van der Waals surface area contributed by atoms with Crippen molar-refractivity contribution in [3.05, 3.63) is 33.4 Å². The summed E-state index contributed by atoms with van der Waals surface area (Å²) >= 11 is 11.8. The van der Waals surface area contributed by atoms with Crippen molar-refractivity contribution in [1.29, 1.82) is 0 Å². The van der Waals surface area contributed by atoms with Gasteiger partial charge in [0.15, 0.2) is 5.69 Å². The van der Waals surface area contributed by atoms with Gasteiger partial charge < -0.3 is 11.5 Å². The third-order valence-electron chi connectivity index (χ3n) is 2.95. The lowest BCUT2D eigenvalue weighted by atomic mass is 10.2. The van der Waals surface area contributed by atoms with E-state index in [2.05, 4.69) is 5.10 Å².